The van der Waals surface area contributed by atoms with Crippen LogP contribution in [0.4, 0.5) is 33.0 Å². The SMILES string of the molecule is O=C1C/C(=C/c2cnn3ccc(Nc4cc(Nc5ccc(F)cc5Cl)cc(NC5CC5)c4)nc23)C(=O)N1. The summed E-state index contributed by atoms with van der Waals surface area (Å²) in [7, 11) is 0. The molecule has 0 spiro atoms. The zero-order valence-electron chi connectivity index (χ0n) is 19.4. The van der Waals surface area contributed by atoms with Gasteiger partial charge in [-0.2, -0.15) is 5.10 Å². The van der Waals surface area contributed by atoms with E-state index in [9.17, 15) is 14.0 Å². The minimum absolute atomic E-state index is 0.0305. The topological polar surface area (TPSA) is 112 Å². The van der Waals surface area contributed by atoms with Crippen molar-refractivity contribution < 1.29 is 14.0 Å². The average molecular weight is 518 g/mol. The van der Waals surface area contributed by atoms with Gasteiger partial charge in [-0.25, -0.2) is 13.9 Å². The number of anilines is 5. The van der Waals surface area contributed by atoms with Crippen molar-refractivity contribution in [2.75, 3.05) is 16.0 Å². The Hall–Kier alpha value is -4.44. The molecular weight excluding hydrogens is 497 g/mol. The van der Waals surface area contributed by atoms with E-state index < -0.39 is 11.7 Å². The molecule has 11 heteroatoms. The lowest BCUT2D eigenvalue weighted by Crippen LogP contribution is -2.19. The van der Waals surface area contributed by atoms with Crippen molar-refractivity contribution in [3.05, 3.63) is 76.8 Å². The first-order valence-corrected chi connectivity index (χ1v) is 12.1. The Morgan fingerprint density at radius 3 is 2.57 bits per heavy atom. The number of halogens is 2. The van der Waals surface area contributed by atoms with E-state index >= 15 is 0 Å². The predicted octanol–water partition coefficient (Wildman–Crippen LogP) is 5.01. The van der Waals surface area contributed by atoms with Crippen LogP contribution in [0.1, 0.15) is 24.8 Å². The molecule has 2 aliphatic rings. The van der Waals surface area contributed by atoms with Crippen molar-refractivity contribution in [3.63, 3.8) is 0 Å². The molecule has 9 nitrogen and oxygen atoms in total. The first-order valence-electron chi connectivity index (χ1n) is 11.7. The third-order valence-corrected chi connectivity index (χ3v) is 6.30. The largest absolute Gasteiger partial charge is 0.382 e. The summed E-state index contributed by atoms with van der Waals surface area (Å²) in [4.78, 5) is 28.2. The maximum atomic E-state index is 13.5. The Bertz CT molecular complexity index is 1600. The summed E-state index contributed by atoms with van der Waals surface area (Å²) in [5.41, 5.74) is 4.56. The van der Waals surface area contributed by atoms with Gasteiger partial charge >= 0.3 is 0 Å². The monoisotopic (exact) mass is 517 g/mol. The normalized spacial score (nSPS) is 16.3. The Morgan fingerprint density at radius 1 is 1.05 bits per heavy atom. The molecule has 0 radical (unpaired) electrons. The predicted molar refractivity (Wildman–Crippen MR) is 140 cm³/mol. The molecule has 4 aromatic rings. The molecule has 6 rings (SSSR count). The van der Waals surface area contributed by atoms with Crippen molar-refractivity contribution in [2.45, 2.75) is 25.3 Å². The highest BCUT2D eigenvalue weighted by atomic mass is 35.5. The van der Waals surface area contributed by atoms with Crippen LogP contribution < -0.4 is 21.3 Å². The minimum atomic E-state index is -0.404. The molecule has 1 saturated heterocycles. The van der Waals surface area contributed by atoms with Gasteiger partial charge in [-0.3, -0.25) is 14.9 Å². The summed E-state index contributed by atoms with van der Waals surface area (Å²) in [5.74, 6) is -0.568. The number of aromatic nitrogens is 3. The van der Waals surface area contributed by atoms with E-state index in [2.05, 4.69) is 31.3 Å². The molecule has 2 amide bonds. The van der Waals surface area contributed by atoms with Crippen LogP contribution in [0, 0.1) is 5.82 Å². The molecule has 0 atom stereocenters. The van der Waals surface area contributed by atoms with Gasteiger partial charge in [0.1, 0.15) is 11.6 Å². The van der Waals surface area contributed by atoms with Crippen LogP contribution >= 0.6 is 11.6 Å². The third kappa shape index (κ3) is 5.10. The Morgan fingerprint density at radius 2 is 1.84 bits per heavy atom. The molecule has 37 heavy (non-hydrogen) atoms. The standard InChI is InChI=1S/C26H21ClFN7O2/c27-21-9-16(28)1-4-22(21)31-19-10-18(30-17-2-3-17)11-20(12-19)32-23-5-6-35-25(33-23)15(13-29-35)7-14-8-24(36)34-26(14)37/h1,4-7,9-13,17,30-31H,2-3,8H2,(H,32,33)(H,34,36,37)/b14-7-. The van der Waals surface area contributed by atoms with Crippen molar-refractivity contribution in [1.29, 1.82) is 0 Å². The van der Waals surface area contributed by atoms with Gasteiger partial charge in [0.2, 0.25) is 5.91 Å². The van der Waals surface area contributed by atoms with E-state index in [1.54, 1.807) is 35.1 Å². The summed E-state index contributed by atoms with van der Waals surface area (Å²) in [5, 5.41) is 16.9. The molecule has 1 saturated carbocycles. The lowest BCUT2D eigenvalue weighted by Gasteiger charge is -2.15. The average Bonchev–Trinajstić information content (AvgIpc) is 3.49. The lowest BCUT2D eigenvalue weighted by atomic mass is 10.1. The fourth-order valence-corrected chi connectivity index (χ4v) is 4.29. The molecular formula is C26H21ClFN7O2. The highest BCUT2D eigenvalue weighted by Gasteiger charge is 2.24. The Labute approximate surface area is 215 Å². The lowest BCUT2D eigenvalue weighted by molar-refractivity contribution is -0.124. The third-order valence-electron chi connectivity index (χ3n) is 5.99. The van der Waals surface area contributed by atoms with E-state index in [4.69, 9.17) is 11.6 Å². The second-order valence-corrected chi connectivity index (χ2v) is 9.40. The number of fused-ring (bicyclic) bond motifs is 1. The second kappa shape index (κ2) is 9.21. The summed E-state index contributed by atoms with van der Waals surface area (Å²) in [6, 6.07) is 12.3. The number of carbonyl (C=O) groups is 2. The number of nitrogens with zero attached hydrogens (tertiary/aromatic N) is 3. The van der Waals surface area contributed by atoms with Crippen LogP contribution in [0.15, 0.2) is 60.4 Å². The highest BCUT2D eigenvalue weighted by molar-refractivity contribution is 6.33. The van der Waals surface area contributed by atoms with E-state index in [1.807, 2.05) is 18.2 Å². The van der Waals surface area contributed by atoms with Crippen LogP contribution in [0.5, 0.6) is 0 Å². The number of benzene rings is 2. The quantitative estimate of drug-likeness (QED) is 0.201. The van der Waals surface area contributed by atoms with Gasteiger partial charge in [-0.05, 0) is 61.4 Å². The Kier molecular flexibility index (Phi) is 5.72. The van der Waals surface area contributed by atoms with Crippen LogP contribution in [-0.2, 0) is 9.59 Å². The van der Waals surface area contributed by atoms with Crippen LogP contribution in [-0.4, -0.2) is 32.5 Å². The number of nitrogens with one attached hydrogen (secondary N) is 4. The maximum absolute atomic E-state index is 13.5. The highest BCUT2D eigenvalue weighted by Crippen LogP contribution is 2.33. The van der Waals surface area contributed by atoms with Crippen molar-refractivity contribution in [1.82, 2.24) is 19.9 Å². The van der Waals surface area contributed by atoms with E-state index in [1.165, 1.54) is 12.1 Å². The number of hydrogen-bond acceptors (Lipinski definition) is 7. The zero-order valence-corrected chi connectivity index (χ0v) is 20.1. The summed E-state index contributed by atoms with van der Waals surface area (Å²) < 4.78 is 15.1. The number of carbonyl (C=O) groups excluding carboxylic acids is 2. The molecule has 186 valence electrons. The van der Waals surface area contributed by atoms with E-state index in [-0.39, 0.29) is 17.4 Å². The van der Waals surface area contributed by atoms with Gasteiger partial charge in [0.15, 0.2) is 5.65 Å². The smallest absolute Gasteiger partial charge is 0.254 e. The Balaban J connectivity index is 1.30. The summed E-state index contributed by atoms with van der Waals surface area (Å²) >= 11 is 6.22. The van der Waals surface area contributed by atoms with Crippen molar-refractivity contribution in [2.24, 2.45) is 0 Å². The fraction of sp³-hybridized carbons (Fsp3) is 0.154. The maximum Gasteiger partial charge on any atom is 0.254 e. The van der Waals surface area contributed by atoms with Gasteiger partial charge in [0.05, 0.1) is 23.3 Å². The van der Waals surface area contributed by atoms with Gasteiger partial charge < -0.3 is 16.0 Å². The zero-order chi connectivity index (χ0) is 25.5. The first-order chi connectivity index (χ1) is 17.9. The first kappa shape index (κ1) is 23.0. The second-order valence-electron chi connectivity index (χ2n) is 9.00. The number of amides is 2. The van der Waals surface area contributed by atoms with Gasteiger partial charge in [-0.1, -0.05) is 11.6 Å². The molecule has 1 aliphatic heterocycles. The van der Waals surface area contributed by atoms with Gasteiger partial charge in [-0.15, -0.1) is 0 Å². The molecule has 2 fully saturated rings. The molecule has 0 unspecified atom stereocenters. The molecule has 0 bridgehead atoms. The number of hydrogen-bond donors (Lipinski definition) is 4. The van der Waals surface area contributed by atoms with Crippen LogP contribution in [0.2, 0.25) is 5.02 Å². The number of rotatable bonds is 7. The molecule has 2 aromatic carbocycles. The molecule has 1 aliphatic carbocycles. The minimum Gasteiger partial charge on any atom is -0.382 e. The summed E-state index contributed by atoms with van der Waals surface area (Å²) in [6.45, 7) is 0. The van der Waals surface area contributed by atoms with Gasteiger partial charge in [0, 0.05) is 40.4 Å². The molecule has 4 N–H and O–H groups in total. The molecule has 2 aromatic heterocycles. The van der Waals surface area contributed by atoms with Gasteiger partial charge in [0.25, 0.3) is 5.91 Å². The van der Waals surface area contributed by atoms with Crippen molar-refractivity contribution >= 4 is 63.7 Å². The number of imide groups is 1. The van der Waals surface area contributed by atoms with Crippen LogP contribution in [0.3, 0.4) is 0 Å². The van der Waals surface area contributed by atoms with Crippen LogP contribution in [0.25, 0.3) is 11.7 Å². The van der Waals surface area contributed by atoms with Crippen molar-refractivity contribution in [3.8, 4) is 0 Å². The van der Waals surface area contributed by atoms with E-state index in [0.29, 0.717) is 34.3 Å². The fourth-order valence-electron chi connectivity index (χ4n) is 4.08. The van der Waals surface area contributed by atoms with E-state index in [0.717, 1.165) is 29.9 Å². The summed E-state index contributed by atoms with van der Waals surface area (Å²) in [6.07, 6.45) is 7.26. The molecule has 3 heterocycles.